The molecule has 0 aliphatic carbocycles. The topological polar surface area (TPSA) is 104 Å². The van der Waals surface area contributed by atoms with Gasteiger partial charge in [0, 0.05) is 11.1 Å². The minimum atomic E-state index is -1.04. The highest BCUT2D eigenvalue weighted by Crippen LogP contribution is 2.19. The lowest BCUT2D eigenvalue weighted by atomic mass is 10.0. The van der Waals surface area contributed by atoms with E-state index in [1.807, 2.05) is 19.1 Å². The van der Waals surface area contributed by atoms with Crippen molar-refractivity contribution in [1.29, 1.82) is 0 Å². The molecule has 3 N–H and O–H groups in total. The summed E-state index contributed by atoms with van der Waals surface area (Å²) in [5.41, 5.74) is 1.86. The van der Waals surface area contributed by atoms with Crippen LogP contribution in [-0.2, 0) is 11.2 Å². The summed E-state index contributed by atoms with van der Waals surface area (Å²) in [6.45, 7) is 2.02. The van der Waals surface area contributed by atoms with Crippen LogP contribution in [0.3, 0.4) is 0 Å². The average molecular weight is 414 g/mol. The molecule has 8 heteroatoms. The van der Waals surface area contributed by atoms with Crippen molar-refractivity contribution in [3.63, 3.8) is 0 Å². The Morgan fingerprint density at radius 3 is 2.52 bits per heavy atom. The molecule has 1 heterocycles. The highest BCUT2D eigenvalue weighted by atomic mass is 35.5. The number of aryl methyl sites for hydroxylation is 1. The van der Waals surface area contributed by atoms with E-state index in [-0.39, 0.29) is 12.1 Å². The van der Waals surface area contributed by atoms with Gasteiger partial charge in [-0.05, 0) is 35.7 Å². The molecular weight excluding hydrogens is 394 g/mol. The number of amides is 1. The van der Waals surface area contributed by atoms with Crippen LogP contribution in [0.1, 0.15) is 41.0 Å². The molecule has 7 nitrogen and oxygen atoms in total. The monoisotopic (exact) mass is 413 g/mol. The van der Waals surface area contributed by atoms with Crippen molar-refractivity contribution in [2.45, 2.75) is 25.8 Å². The molecule has 0 bridgehead atoms. The molecule has 2 aromatic carbocycles. The summed E-state index contributed by atoms with van der Waals surface area (Å²) in [7, 11) is 0. The standard InChI is InChI=1S/C21H20ClN3O4/c1-2-13-6-8-14(9-7-13)17(12-20(27)28)23-21(29)18-11-19(26)25(24-18)16-5-3-4-15(22)10-16/h3-11,17,24H,2,12H2,1H3,(H,23,29)(H,27,28). The second-order valence-corrected chi connectivity index (χ2v) is 6.98. The van der Waals surface area contributed by atoms with E-state index in [0.29, 0.717) is 16.3 Å². The van der Waals surface area contributed by atoms with Crippen molar-refractivity contribution in [2.75, 3.05) is 0 Å². The summed E-state index contributed by atoms with van der Waals surface area (Å²) in [5, 5.41) is 15.1. The molecule has 0 saturated carbocycles. The Hall–Kier alpha value is -3.32. The summed E-state index contributed by atoms with van der Waals surface area (Å²) >= 11 is 5.96. The number of carbonyl (C=O) groups excluding carboxylic acids is 1. The van der Waals surface area contributed by atoms with Crippen LogP contribution < -0.4 is 10.9 Å². The predicted molar refractivity (Wildman–Crippen MR) is 110 cm³/mol. The number of rotatable bonds is 7. The zero-order chi connectivity index (χ0) is 21.0. The summed E-state index contributed by atoms with van der Waals surface area (Å²) in [4.78, 5) is 36.2. The van der Waals surface area contributed by atoms with E-state index in [9.17, 15) is 19.5 Å². The maximum absolute atomic E-state index is 12.7. The number of aromatic nitrogens is 2. The third-order valence-electron chi connectivity index (χ3n) is 4.51. The molecule has 1 unspecified atom stereocenters. The zero-order valence-corrected chi connectivity index (χ0v) is 16.4. The third-order valence-corrected chi connectivity index (χ3v) is 4.74. The Kier molecular flexibility index (Phi) is 6.19. The molecule has 150 valence electrons. The SMILES string of the molecule is CCc1ccc(C(CC(=O)O)NC(=O)c2cc(=O)n(-c3cccc(Cl)c3)[nH]2)cc1. The summed E-state index contributed by atoms with van der Waals surface area (Å²) in [6, 6.07) is 14.4. The number of H-pyrrole nitrogens is 1. The molecule has 1 atom stereocenters. The quantitative estimate of drug-likeness (QED) is 0.552. The van der Waals surface area contributed by atoms with Crippen LogP contribution in [0.25, 0.3) is 5.69 Å². The van der Waals surface area contributed by atoms with Gasteiger partial charge in [-0.25, -0.2) is 4.68 Å². The number of hydrogen-bond acceptors (Lipinski definition) is 3. The first kappa shape index (κ1) is 20.4. The molecule has 0 spiro atoms. The first-order chi connectivity index (χ1) is 13.9. The molecule has 0 aliphatic rings. The van der Waals surface area contributed by atoms with Crippen LogP contribution in [0.15, 0.2) is 59.4 Å². The van der Waals surface area contributed by atoms with Gasteiger partial charge in [0.05, 0.1) is 18.2 Å². The van der Waals surface area contributed by atoms with Gasteiger partial charge in [0.25, 0.3) is 11.5 Å². The van der Waals surface area contributed by atoms with E-state index in [1.54, 1.807) is 36.4 Å². The van der Waals surface area contributed by atoms with Crippen molar-refractivity contribution in [3.8, 4) is 5.69 Å². The fraction of sp³-hybridized carbons (Fsp3) is 0.190. The lowest BCUT2D eigenvalue weighted by molar-refractivity contribution is -0.137. The fourth-order valence-corrected chi connectivity index (χ4v) is 3.15. The van der Waals surface area contributed by atoms with Crippen molar-refractivity contribution < 1.29 is 14.7 Å². The molecule has 0 radical (unpaired) electrons. The predicted octanol–water partition coefficient (Wildman–Crippen LogP) is 3.33. The molecular formula is C21H20ClN3O4. The van der Waals surface area contributed by atoms with Crippen LogP contribution in [0.4, 0.5) is 0 Å². The number of hydrogen-bond donors (Lipinski definition) is 3. The minimum Gasteiger partial charge on any atom is -0.481 e. The molecule has 1 aromatic heterocycles. The Labute approximate surface area is 171 Å². The first-order valence-electron chi connectivity index (χ1n) is 9.07. The summed E-state index contributed by atoms with van der Waals surface area (Å²) in [6.07, 6.45) is 0.574. The van der Waals surface area contributed by atoms with Gasteiger partial charge in [-0.15, -0.1) is 0 Å². The maximum atomic E-state index is 12.7. The second kappa shape index (κ2) is 8.79. The molecule has 0 saturated heterocycles. The normalized spacial score (nSPS) is 11.8. The lowest BCUT2D eigenvalue weighted by Gasteiger charge is -2.17. The van der Waals surface area contributed by atoms with Gasteiger partial charge in [0.15, 0.2) is 0 Å². The Balaban J connectivity index is 1.85. The van der Waals surface area contributed by atoms with Crippen molar-refractivity contribution in [1.82, 2.24) is 15.1 Å². The smallest absolute Gasteiger partial charge is 0.305 e. The van der Waals surface area contributed by atoms with E-state index in [2.05, 4.69) is 10.4 Å². The average Bonchev–Trinajstić information content (AvgIpc) is 3.09. The van der Waals surface area contributed by atoms with Crippen LogP contribution in [0, 0.1) is 0 Å². The van der Waals surface area contributed by atoms with Crippen molar-refractivity contribution in [2.24, 2.45) is 0 Å². The van der Waals surface area contributed by atoms with Crippen LogP contribution in [0.5, 0.6) is 0 Å². The largest absolute Gasteiger partial charge is 0.481 e. The van der Waals surface area contributed by atoms with Crippen LogP contribution in [0.2, 0.25) is 5.02 Å². The van der Waals surface area contributed by atoms with E-state index in [0.717, 1.165) is 18.1 Å². The Bertz CT molecular complexity index is 1090. The van der Waals surface area contributed by atoms with Crippen molar-refractivity contribution >= 4 is 23.5 Å². The number of aliphatic carboxylic acids is 1. The number of aromatic amines is 1. The van der Waals surface area contributed by atoms with Gasteiger partial charge >= 0.3 is 5.97 Å². The molecule has 29 heavy (non-hydrogen) atoms. The highest BCUT2D eigenvalue weighted by molar-refractivity contribution is 6.30. The van der Waals surface area contributed by atoms with Crippen LogP contribution >= 0.6 is 11.6 Å². The highest BCUT2D eigenvalue weighted by Gasteiger charge is 2.21. The van der Waals surface area contributed by atoms with E-state index < -0.39 is 23.5 Å². The Morgan fingerprint density at radius 1 is 1.17 bits per heavy atom. The third kappa shape index (κ3) is 4.94. The number of benzene rings is 2. The van der Waals surface area contributed by atoms with Gasteiger partial charge in [-0.1, -0.05) is 48.9 Å². The lowest BCUT2D eigenvalue weighted by Crippen LogP contribution is -2.30. The second-order valence-electron chi connectivity index (χ2n) is 6.54. The number of carboxylic acid groups (broad SMARTS) is 1. The van der Waals surface area contributed by atoms with Crippen molar-refractivity contribution in [3.05, 3.63) is 86.8 Å². The first-order valence-corrected chi connectivity index (χ1v) is 9.44. The summed E-state index contributed by atoms with van der Waals surface area (Å²) in [5.74, 6) is -1.62. The van der Waals surface area contributed by atoms with E-state index in [1.165, 1.54) is 4.68 Å². The van der Waals surface area contributed by atoms with E-state index >= 15 is 0 Å². The molecule has 0 aliphatic heterocycles. The molecule has 3 aromatic rings. The van der Waals surface area contributed by atoms with E-state index in [4.69, 9.17) is 11.6 Å². The number of carboxylic acids is 1. The number of carbonyl (C=O) groups is 2. The molecule has 3 rings (SSSR count). The zero-order valence-electron chi connectivity index (χ0n) is 15.7. The van der Waals surface area contributed by atoms with Gasteiger partial charge in [-0.2, -0.15) is 0 Å². The fourth-order valence-electron chi connectivity index (χ4n) is 2.97. The maximum Gasteiger partial charge on any atom is 0.305 e. The summed E-state index contributed by atoms with van der Waals surface area (Å²) < 4.78 is 1.20. The Morgan fingerprint density at radius 2 is 1.90 bits per heavy atom. The van der Waals surface area contributed by atoms with Gasteiger partial charge < -0.3 is 10.4 Å². The van der Waals surface area contributed by atoms with Gasteiger partial charge in [-0.3, -0.25) is 19.5 Å². The van der Waals surface area contributed by atoms with Gasteiger partial charge in [0.2, 0.25) is 0 Å². The van der Waals surface area contributed by atoms with Gasteiger partial charge in [0.1, 0.15) is 5.69 Å². The molecule has 0 fully saturated rings. The molecule has 1 amide bonds. The number of nitrogens with zero attached hydrogens (tertiary/aromatic N) is 1. The van der Waals surface area contributed by atoms with Crippen LogP contribution in [-0.4, -0.2) is 26.8 Å². The number of halogens is 1. The number of nitrogens with one attached hydrogen (secondary N) is 2. The minimum absolute atomic E-state index is 0.0237.